The molecular weight excluding hydrogens is 214 g/mol. The number of benzene rings is 1. The highest BCUT2D eigenvalue weighted by Gasteiger charge is 2.13. The summed E-state index contributed by atoms with van der Waals surface area (Å²) in [4.78, 5) is 14.0. The SMILES string of the molecule is CCCC(C)N(C)CC(=O)c1ccc(O)cc1. The van der Waals surface area contributed by atoms with Crippen molar-refractivity contribution in [3.63, 3.8) is 0 Å². The summed E-state index contributed by atoms with van der Waals surface area (Å²) in [5, 5.41) is 9.16. The minimum Gasteiger partial charge on any atom is -0.508 e. The molecule has 1 atom stereocenters. The van der Waals surface area contributed by atoms with Crippen LogP contribution >= 0.6 is 0 Å². The number of carbonyl (C=O) groups excluding carboxylic acids is 1. The molecule has 0 spiro atoms. The maximum Gasteiger partial charge on any atom is 0.176 e. The van der Waals surface area contributed by atoms with Crippen molar-refractivity contribution < 1.29 is 9.90 Å². The van der Waals surface area contributed by atoms with Gasteiger partial charge in [-0.2, -0.15) is 0 Å². The predicted octanol–water partition coefficient (Wildman–Crippen LogP) is 2.70. The maximum atomic E-state index is 12.0. The van der Waals surface area contributed by atoms with E-state index in [2.05, 4.69) is 18.7 Å². The van der Waals surface area contributed by atoms with E-state index in [1.54, 1.807) is 24.3 Å². The minimum absolute atomic E-state index is 0.0930. The number of hydrogen-bond acceptors (Lipinski definition) is 3. The van der Waals surface area contributed by atoms with Gasteiger partial charge in [0.05, 0.1) is 6.54 Å². The van der Waals surface area contributed by atoms with Crippen molar-refractivity contribution in [3.05, 3.63) is 29.8 Å². The number of phenols is 1. The lowest BCUT2D eigenvalue weighted by Gasteiger charge is -2.23. The normalized spacial score (nSPS) is 12.7. The number of hydrogen-bond donors (Lipinski definition) is 1. The Morgan fingerprint density at radius 1 is 1.35 bits per heavy atom. The Labute approximate surface area is 103 Å². The van der Waals surface area contributed by atoms with Crippen molar-refractivity contribution >= 4 is 5.78 Å². The monoisotopic (exact) mass is 235 g/mol. The largest absolute Gasteiger partial charge is 0.508 e. The molecule has 0 aliphatic rings. The van der Waals surface area contributed by atoms with Crippen LogP contribution in [0, 0.1) is 0 Å². The Morgan fingerprint density at radius 2 is 1.94 bits per heavy atom. The number of ketones is 1. The number of phenolic OH excluding ortho intramolecular Hbond substituents is 1. The highest BCUT2D eigenvalue weighted by Crippen LogP contribution is 2.11. The lowest BCUT2D eigenvalue weighted by atomic mass is 10.1. The van der Waals surface area contributed by atoms with Crippen LogP contribution in [0.25, 0.3) is 0 Å². The highest BCUT2D eigenvalue weighted by molar-refractivity contribution is 5.97. The second-order valence-electron chi connectivity index (χ2n) is 4.52. The molecule has 1 unspecified atom stereocenters. The summed E-state index contributed by atoms with van der Waals surface area (Å²) in [6.45, 7) is 4.70. The first-order valence-electron chi connectivity index (χ1n) is 6.07. The van der Waals surface area contributed by atoms with E-state index in [1.165, 1.54) is 0 Å². The first-order chi connectivity index (χ1) is 8.04. The molecule has 0 bridgehead atoms. The molecule has 0 aliphatic heterocycles. The average Bonchev–Trinajstić information content (AvgIpc) is 2.30. The first kappa shape index (κ1) is 13.7. The third-order valence-electron chi connectivity index (χ3n) is 3.04. The van der Waals surface area contributed by atoms with E-state index >= 15 is 0 Å². The van der Waals surface area contributed by atoms with Crippen molar-refractivity contribution in [1.82, 2.24) is 4.90 Å². The molecule has 0 heterocycles. The van der Waals surface area contributed by atoms with Gasteiger partial charge in [-0.15, -0.1) is 0 Å². The number of nitrogens with zero attached hydrogens (tertiary/aromatic N) is 1. The van der Waals surface area contributed by atoms with E-state index in [0.29, 0.717) is 18.2 Å². The predicted molar refractivity (Wildman–Crippen MR) is 69.4 cm³/mol. The second-order valence-corrected chi connectivity index (χ2v) is 4.52. The van der Waals surface area contributed by atoms with Crippen molar-refractivity contribution in [1.29, 1.82) is 0 Å². The van der Waals surface area contributed by atoms with E-state index < -0.39 is 0 Å². The van der Waals surface area contributed by atoms with E-state index in [9.17, 15) is 4.79 Å². The fourth-order valence-corrected chi connectivity index (χ4v) is 1.76. The summed E-state index contributed by atoms with van der Waals surface area (Å²) in [6, 6.07) is 6.83. The Bertz CT molecular complexity index is 359. The van der Waals surface area contributed by atoms with Crippen LogP contribution in [-0.2, 0) is 0 Å². The summed E-state index contributed by atoms with van der Waals surface area (Å²) in [5.41, 5.74) is 0.651. The van der Waals surface area contributed by atoms with E-state index in [-0.39, 0.29) is 11.5 Å². The van der Waals surface area contributed by atoms with Crippen molar-refractivity contribution in [2.75, 3.05) is 13.6 Å². The molecular formula is C14H21NO2. The molecule has 17 heavy (non-hydrogen) atoms. The third kappa shape index (κ3) is 4.19. The quantitative estimate of drug-likeness (QED) is 0.771. The van der Waals surface area contributed by atoms with Gasteiger partial charge in [0.25, 0.3) is 0 Å². The fourth-order valence-electron chi connectivity index (χ4n) is 1.76. The highest BCUT2D eigenvalue weighted by atomic mass is 16.3. The number of carbonyl (C=O) groups is 1. The van der Waals surface area contributed by atoms with E-state index in [4.69, 9.17) is 5.11 Å². The summed E-state index contributed by atoms with van der Waals surface area (Å²) >= 11 is 0. The average molecular weight is 235 g/mol. The third-order valence-corrected chi connectivity index (χ3v) is 3.04. The molecule has 1 aromatic rings. The standard InChI is InChI=1S/C14H21NO2/c1-4-5-11(2)15(3)10-14(17)12-6-8-13(16)9-7-12/h6-9,11,16H,4-5,10H2,1-3H3. The van der Waals surface area contributed by atoms with Crippen LogP contribution in [-0.4, -0.2) is 35.4 Å². The van der Waals surface area contributed by atoms with E-state index in [0.717, 1.165) is 12.8 Å². The topological polar surface area (TPSA) is 40.5 Å². The molecule has 0 radical (unpaired) electrons. The van der Waals surface area contributed by atoms with Gasteiger partial charge < -0.3 is 5.11 Å². The Hall–Kier alpha value is -1.35. The number of Topliss-reactive ketones (excluding diaryl/α,β-unsaturated/α-hetero) is 1. The van der Waals surface area contributed by atoms with Gasteiger partial charge in [-0.05, 0) is 44.7 Å². The summed E-state index contributed by atoms with van der Waals surface area (Å²) < 4.78 is 0. The van der Waals surface area contributed by atoms with Gasteiger partial charge in [-0.3, -0.25) is 9.69 Å². The number of rotatable bonds is 6. The fraction of sp³-hybridized carbons (Fsp3) is 0.500. The molecule has 0 amide bonds. The van der Waals surface area contributed by atoms with Crippen LogP contribution in [0.2, 0.25) is 0 Å². The van der Waals surface area contributed by atoms with Crippen LogP contribution in [0.1, 0.15) is 37.0 Å². The van der Waals surface area contributed by atoms with Crippen molar-refractivity contribution in [2.24, 2.45) is 0 Å². The van der Waals surface area contributed by atoms with Crippen LogP contribution in [0.5, 0.6) is 5.75 Å². The lowest BCUT2D eigenvalue weighted by Crippen LogP contribution is -2.33. The van der Waals surface area contributed by atoms with Gasteiger partial charge in [0, 0.05) is 11.6 Å². The molecule has 0 aliphatic carbocycles. The Balaban J connectivity index is 2.57. The molecule has 3 heteroatoms. The van der Waals surface area contributed by atoms with Crippen LogP contribution < -0.4 is 0 Å². The molecule has 1 rings (SSSR count). The van der Waals surface area contributed by atoms with Gasteiger partial charge in [-0.25, -0.2) is 0 Å². The van der Waals surface area contributed by atoms with Crippen LogP contribution in [0.3, 0.4) is 0 Å². The van der Waals surface area contributed by atoms with Crippen molar-refractivity contribution in [2.45, 2.75) is 32.7 Å². The van der Waals surface area contributed by atoms with Crippen molar-refractivity contribution in [3.8, 4) is 5.75 Å². The zero-order chi connectivity index (χ0) is 12.8. The molecule has 0 saturated heterocycles. The lowest BCUT2D eigenvalue weighted by molar-refractivity contribution is 0.0921. The molecule has 3 nitrogen and oxygen atoms in total. The zero-order valence-electron chi connectivity index (χ0n) is 10.8. The molecule has 0 aromatic heterocycles. The second kappa shape index (κ2) is 6.40. The van der Waals surface area contributed by atoms with Crippen LogP contribution in [0.15, 0.2) is 24.3 Å². The van der Waals surface area contributed by atoms with E-state index in [1.807, 2.05) is 7.05 Å². The summed E-state index contributed by atoms with van der Waals surface area (Å²) in [5.74, 6) is 0.282. The maximum absolute atomic E-state index is 12.0. The molecule has 0 saturated carbocycles. The molecule has 0 fully saturated rings. The smallest absolute Gasteiger partial charge is 0.176 e. The minimum atomic E-state index is 0.0930. The summed E-state index contributed by atoms with van der Waals surface area (Å²) in [7, 11) is 1.97. The Kier molecular flexibility index (Phi) is 5.16. The molecule has 94 valence electrons. The van der Waals surface area contributed by atoms with Gasteiger partial charge in [0.15, 0.2) is 5.78 Å². The number of likely N-dealkylation sites (N-methyl/N-ethyl adjacent to an activating group) is 1. The molecule has 1 aromatic carbocycles. The number of aromatic hydroxyl groups is 1. The Morgan fingerprint density at radius 3 is 2.47 bits per heavy atom. The first-order valence-corrected chi connectivity index (χ1v) is 6.07. The van der Waals surface area contributed by atoms with Gasteiger partial charge in [-0.1, -0.05) is 13.3 Å². The zero-order valence-corrected chi connectivity index (χ0v) is 10.8. The molecule has 1 N–H and O–H groups in total. The van der Waals surface area contributed by atoms with Gasteiger partial charge in [0.2, 0.25) is 0 Å². The van der Waals surface area contributed by atoms with Gasteiger partial charge >= 0.3 is 0 Å². The summed E-state index contributed by atoms with van der Waals surface area (Å²) in [6.07, 6.45) is 2.22. The van der Waals surface area contributed by atoms with Crippen LogP contribution in [0.4, 0.5) is 0 Å². The van der Waals surface area contributed by atoms with Gasteiger partial charge in [0.1, 0.15) is 5.75 Å².